The first-order chi connectivity index (χ1) is 14.6. The first-order valence-corrected chi connectivity index (χ1v) is 9.31. The number of carbonyl (C=O) groups is 1. The Hall–Kier alpha value is -3.95. The molecule has 0 bridgehead atoms. The summed E-state index contributed by atoms with van der Waals surface area (Å²) in [6.07, 6.45) is 1.33. The van der Waals surface area contributed by atoms with Gasteiger partial charge in [0.1, 0.15) is 28.9 Å². The van der Waals surface area contributed by atoms with Crippen LogP contribution in [0.15, 0.2) is 84.6 Å². The molecule has 0 atom stereocenters. The van der Waals surface area contributed by atoms with Crippen LogP contribution in [0.4, 0.5) is 11.4 Å². The van der Waals surface area contributed by atoms with E-state index in [1.807, 2.05) is 36.4 Å². The fourth-order valence-electron chi connectivity index (χ4n) is 2.52. The van der Waals surface area contributed by atoms with E-state index in [2.05, 4.69) is 10.6 Å². The number of benzene rings is 3. The zero-order valence-corrected chi connectivity index (χ0v) is 16.8. The van der Waals surface area contributed by atoms with Gasteiger partial charge in [0.2, 0.25) is 0 Å². The van der Waals surface area contributed by atoms with Crippen LogP contribution in [-0.2, 0) is 4.79 Å². The highest BCUT2D eigenvalue weighted by atomic mass is 35.5. The number of amides is 1. The number of methoxy groups -OCH3 is 1. The third kappa shape index (κ3) is 5.53. The Labute approximate surface area is 179 Å². The maximum Gasteiger partial charge on any atom is 0.267 e. The van der Waals surface area contributed by atoms with E-state index in [1.165, 1.54) is 13.3 Å². The van der Waals surface area contributed by atoms with Gasteiger partial charge in [-0.3, -0.25) is 4.79 Å². The van der Waals surface area contributed by atoms with E-state index >= 15 is 0 Å². The van der Waals surface area contributed by atoms with Crippen molar-refractivity contribution in [2.75, 3.05) is 17.7 Å². The number of nitriles is 1. The number of nitrogens with zero attached hydrogens (tertiary/aromatic N) is 1. The van der Waals surface area contributed by atoms with Crippen LogP contribution < -0.4 is 20.1 Å². The van der Waals surface area contributed by atoms with Crippen molar-refractivity contribution >= 4 is 28.9 Å². The molecule has 0 aliphatic heterocycles. The number of nitrogens with one attached hydrogen (secondary N) is 2. The van der Waals surface area contributed by atoms with Gasteiger partial charge in [-0.15, -0.1) is 0 Å². The van der Waals surface area contributed by atoms with Gasteiger partial charge < -0.3 is 20.1 Å². The van der Waals surface area contributed by atoms with E-state index in [1.54, 1.807) is 42.5 Å². The minimum Gasteiger partial charge on any atom is -0.495 e. The van der Waals surface area contributed by atoms with Crippen molar-refractivity contribution in [3.05, 3.63) is 89.6 Å². The molecule has 0 unspecified atom stereocenters. The van der Waals surface area contributed by atoms with E-state index in [9.17, 15) is 10.1 Å². The van der Waals surface area contributed by atoms with Crippen molar-refractivity contribution in [2.24, 2.45) is 0 Å². The molecule has 0 aliphatic rings. The van der Waals surface area contributed by atoms with Crippen molar-refractivity contribution in [2.45, 2.75) is 0 Å². The van der Waals surface area contributed by atoms with Gasteiger partial charge in [-0.25, -0.2) is 0 Å². The lowest BCUT2D eigenvalue weighted by atomic mass is 10.2. The van der Waals surface area contributed by atoms with Gasteiger partial charge in [-0.2, -0.15) is 5.26 Å². The Balaban J connectivity index is 1.66. The summed E-state index contributed by atoms with van der Waals surface area (Å²) in [4.78, 5) is 12.4. The quantitative estimate of drug-likeness (QED) is 0.384. The van der Waals surface area contributed by atoms with Gasteiger partial charge in [0, 0.05) is 16.9 Å². The molecule has 0 saturated carbocycles. The van der Waals surface area contributed by atoms with Crippen molar-refractivity contribution in [3.8, 4) is 23.3 Å². The molecule has 1 amide bonds. The fourth-order valence-corrected chi connectivity index (χ4v) is 2.69. The summed E-state index contributed by atoms with van der Waals surface area (Å²) in [5, 5.41) is 15.3. The number of hydrogen-bond acceptors (Lipinski definition) is 5. The zero-order chi connectivity index (χ0) is 21.3. The van der Waals surface area contributed by atoms with Crippen molar-refractivity contribution < 1.29 is 14.3 Å². The van der Waals surface area contributed by atoms with Crippen LogP contribution in [0.3, 0.4) is 0 Å². The number of rotatable bonds is 7. The largest absolute Gasteiger partial charge is 0.495 e. The molecule has 0 spiro atoms. The predicted molar refractivity (Wildman–Crippen MR) is 117 cm³/mol. The van der Waals surface area contributed by atoms with Crippen LogP contribution in [0.1, 0.15) is 0 Å². The Bertz CT molecular complexity index is 1090. The number of carbonyl (C=O) groups excluding carboxylic acids is 1. The summed E-state index contributed by atoms with van der Waals surface area (Å²) < 4.78 is 10.9. The summed E-state index contributed by atoms with van der Waals surface area (Å²) >= 11 is 5.97. The smallest absolute Gasteiger partial charge is 0.267 e. The summed E-state index contributed by atoms with van der Waals surface area (Å²) in [6.45, 7) is 0. The van der Waals surface area contributed by atoms with Gasteiger partial charge in [0.05, 0.1) is 12.8 Å². The first-order valence-electron chi connectivity index (χ1n) is 8.93. The molecule has 3 rings (SSSR count). The lowest BCUT2D eigenvalue weighted by molar-refractivity contribution is -0.112. The lowest BCUT2D eigenvalue weighted by Crippen LogP contribution is -2.15. The first kappa shape index (κ1) is 20.8. The minimum absolute atomic E-state index is 0.110. The van der Waals surface area contributed by atoms with Crippen LogP contribution in [0.25, 0.3) is 0 Å². The van der Waals surface area contributed by atoms with Gasteiger partial charge in [-0.05, 0) is 54.6 Å². The molecule has 0 heterocycles. The molecule has 30 heavy (non-hydrogen) atoms. The van der Waals surface area contributed by atoms with Gasteiger partial charge in [0.25, 0.3) is 5.91 Å². The van der Waals surface area contributed by atoms with Crippen LogP contribution in [-0.4, -0.2) is 13.0 Å². The summed E-state index contributed by atoms with van der Waals surface area (Å²) in [6, 6.07) is 23.2. The summed E-state index contributed by atoms with van der Waals surface area (Å²) in [5.74, 6) is 1.25. The fraction of sp³-hybridized carbons (Fsp3) is 0.0435. The molecule has 3 aromatic carbocycles. The summed E-state index contributed by atoms with van der Waals surface area (Å²) in [5.41, 5.74) is 0.955. The van der Waals surface area contributed by atoms with Gasteiger partial charge in [0.15, 0.2) is 0 Å². The van der Waals surface area contributed by atoms with E-state index in [0.717, 1.165) is 5.75 Å². The van der Waals surface area contributed by atoms with E-state index in [0.29, 0.717) is 27.9 Å². The topological polar surface area (TPSA) is 83.4 Å². The second-order valence-electron chi connectivity index (χ2n) is 6.05. The van der Waals surface area contributed by atoms with E-state index < -0.39 is 5.91 Å². The number of halogens is 1. The third-order valence-corrected chi connectivity index (χ3v) is 4.23. The minimum atomic E-state index is -0.588. The highest BCUT2D eigenvalue weighted by Crippen LogP contribution is 2.28. The van der Waals surface area contributed by atoms with Crippen molar-refractivity contribution in [1.82, 2.24) is 0 Å². The molecule has 0 fully saturated rings. The van der Waals surface area contributed by atoms with Crippen LogP contribution in [0.5, 0.6) is 17.2 Å². The molecule has 2 N–H and O–H groups in total. The summed E-state index contributed by atoms with van der Waals surface area (Å²) in [7, 11) is 1.48. The average molecular weight is 420 g/mol. The van der Waals surface area contributed by atoms with Crippen LogP contribution >= 0.6 is 11.6 Å². The maximum atomic E-state index is 12.4. The van der Waals surface area contributed by atoms with Crippen LogP contribution in [0.2, 0.25) is 5.02 Å². The standard InChI is InChI=1S/C23H18ClN3O3/c1-29-22-12-7-17(24)13-21(22)27-23(28)16(14-25)15-26-18-8-10-20(11-9-18)30-19-5-3-2-4-6-19/h2-13,15,26H,1H3,(H,27,28)/b16-15-. The Morgan fingerprint density at radius 2 is 1.73 bits per heavy atom. The van der Waals surface area contributed by atoms with Gasteiger partial charge >= 0.3 is 0 Å². The molecule has 0 aliphatic carbocycles. The molecule has 0 radical (unpaired) electrons. The third-order valence-electron chi connectivity index (χ3n) is 3.99. The molecule has 3 aromatic rings. The molecule has 7 heteroatoms. The second-order valence-corrected chi connectivity index (χ2v) is 6.49. The normalized spacial score (nSPS) is 10.6. The lowest BCUT2D eigenvalue weighted by Gasteiger charge is -2.10. The molecule has 150 valence electrons. The number of anilines is 2. The molecule has 0 saturated heterocycles. The number of para-hydroxylation sites is 1. The van der Waals surface area contributed by atoms with Crippen molar-refractivity contribution in [1.29, 1.82) is 5.26 Å². The Kier molecular flexibility index (Phi) is 6.93. The second kappa shape index (κ2) is 10.0. The predicted octanol–water partition coefficient (Wildman–Crippen LogP) is 5.60. The molecule has 6 nitrogen and oxygen atoms in total. The Morgan fingerprint density at radius 1 is 1.03 bits per heavy atom. The SMILES string of the molecule is COc1ccc(Cl)cc1NC(=O)/C(C#N)=C\Nc1ccc(Oc2ccccc2)cc1. The highest BCUT2D eigenvalue weighted by Gasteiger charge is 2.13. The zero-order valence-electron chi connectivity index (χ0n) is 16.1. The maximum absolute atomic E-state index is 12.4. The van der Waals surface area contributed by atoms with Crippen LogP contribution in [0, 0.1) is 11.3 Å². The highest BCUT2D eigenvalue weighted by molar-refractivity contribution is 6.31. The van der Waals surface area contributed by atoms with E-state index in [-0.39, 0.29) is 5.57 Å². The van der Waals surface area contributed by atoms with Crippen molar-refractivity contribution in [3.63, 3.8) is 0 Å². The number of hydrogen-bond donors (Lipinski definition) is 2. The molecular formula is C23H18ClN3O3. The van der Waals surface area contributed by atoms with Gasteiger partial charge in [-0.1, -0.05) is 29.8 Å². The molecular weight excluding hydrogens is 402 g/mol. The Morgan fingerprint density at radius 3 is 2.40 bits per heavy atom. The number of ether oxygens (including phenoxy) is 2. The molecule has 0 aromatic heterocycles. The van der Waals surface area contributed by atoms with E-state index in [4.69, 9.17) is 21.1 Å². The monoisotopic (exact) mass is 419 g/mol. The average Bonchev–Trinajstić information content (AvgIpc) is 2.76.